The summed E-state index contributed by atoms with van der Waals surface area (Å²) in [4.78, 5) is 14.0. The summed E-state index contributed by atoms with van der Waals surface area (Å²) in [5.74, 6) is -1.06. The maximum Gasteiger partial charge on any atom is 0.356 e. The molecule has 2 N–H and O–H groups in total. The molecule has 12 heavy (non-hydrogen) atoms. The molecular weight excluding hydrogens is 160 g/mol. The van der Waals surface area contributed by atoms with Gasteiger partial charge in [-0.1, -0.05) is 0 Å². The first-order valence-corrected chi connectivity index (χ1v) is 3.52. The van der Waals surface area contributed by atoms with Gasteiger partial charge in [0.05, 0.1) is 12.4 Å². The Kier molecular flexibility index (Phi) is 2.44. The van der Waals surface area contributed by atoms with E-state index in [-0.39, 0.29) is 5.69 Å². The molecule has 0 spiro atoms. The highest BCUT2D eigenvalue weighted by Crippen LogP contribution is 1.97. The summed E-state index contributed by atoms with van der Waals surface area (Å²) in [7, 11) is 0. The quantitative estimate of drug-likeness (QED) is 0.667. The fraction of sp³-hybridized carbons (Fsp3) is 0.429. The van der Waals surface area contributed by atoms with Crippen LogP contribution in [0.4, 0.5) is 0 Å². The number of imidazole rings is 1. The van der Waals surface area contributed by atoms with Gasteiger partial charge in [-0.2, -0.15) is 0 Å². The smallest absolute Gasteiger partial charge is 0.356 e. The second-order valence-corrected chi connectivity index (χ2v) is 2.61. The van der Waals surface area contributed by atoms with E-state index in [2.05, 4.69) is 4.98 Å². The molecule has 5 nitrogen and oxygen atoms in total. The van der Waals surface area contributed by atoms with Crippen molar-refractivity contribution in [3.63, 3.8) is 0 Å². The molecule has 0 aliphatic carbocycles. The van der Waals surface area contributed by atoms with E-state index in [1.165, 1.54) is 17.1 Å². The molecule has 0 aliphatic rings. The Bertz CT molecular complexity index is 280. The van der Waals surface area contributed by atoms with Crippen LogP contribution in [0.15, 0.2) is 12.5 Å². The van der Waals surface area contributed by atoms with E-state index < -0.39 is 12.1 Å². The number of hydrogen-bond donors (Lipinski definition) is 2. The number of nitrogens with zero attached hydrogens (tertiary/aromatic N) is 2. The highest BCUT2D eigenvalue weighted by Gasteiger charge is 2.06. The van der Waals surface area contributed by atoms with Crippen LogP contribution in [-0.4, -0.2) is 31.8 Å². The number of aliphatic hydroxyl groups excluding tert-OH is 1. The predicted molar refractivity (Wildman–Crippen MR) is 40.9 cm³/mol. The van der Waals surface area contributed by atoms with Crippen molar-refractivity contribution in [1.29, 1.82) is 0 Å². The predicted octanol–water partition coefficient (Wildman–Crippen LogP) is -0.0379. The van der Waals surface area contributed by atoms with Crippen LogP contribution < -0.4 is 0 Å². The van der Waals surface area contributed by atoms with Gasteiger partial charge in [-0.05, 0) is 6.92 Å². The summed E-state index contributed by atoms with van der Waals surface area (Å²) in [6.07, 6.45) is 2.27. The molecule has 1 aromatic heterocycles. The summed E-state index contributed by atoms with van der Waals surface area (Å²) in [5, 5.41) is 17.5. The molecule has 66 valence electrons. The molecule has 0 bridgehead atoms. The lowest BCUT2D eigenvalue weighted by molar-refractivity contribution is 0.0690. The zero-order valence-corrected chi connectivity index (χ0v) is 6.64. The van der Waals surface area contributed by atoms with Crippen molar-refractivity contribution in [2.45, 2.75) is 19.6 Å². The van der Waals surface area contributed by atoms with Crippen LogP contribution >= 0.6 is 0 Å². The zero-order valence-electron chi connectivity index (χ0n) is 6.64. The Labute approximate surface area is 69.3 Å². The van der Waals surface area contributed by atoms with Crippen LogP contribution in [0.25, 0.3) is 0 Å². The van der Waals surface area contributed by atoms with Gasteiger partial charge in [0.1, 0.15) is 0 Å². The third-order valence-electron chi connectivity index (χ3n) is 1.33. The number of carboxylic acids is 1. The lowest BCUT2D eigenvalue weighted by atomic mass is 10.4. The van der Waals surface area contributed by atoms with E-state index >= 15 is 0 Å². The van der Waals surface area contributed by atoms with Gasteiger partial charge in [0.2, 0.25) is 0 Å². The molecule has 1 rings (SSSR count). The van der Waals surface area contributed by atoms with Gasteiger partial charge in [-0.15, -0.1) is 0 Å². The van der Waals surface area contributed by atoms with Gasteiger partial charge in [-0.25, -0.2) is 9.78 Å². The monoisotopic (exact) mass is 170 g/mol. The van der Waals surface area contributed by atoms with Crippen molar-refractivity contribution in [2.24, 2.45) is 0 Å². The van der Waals surface area contributed by atoms with E-state index in [0.717, 1.165) is 0 Å². The minimum Gasteiger partial charge on any atom is -0.476 e. The lowest BCUT2D eigenvalue weighted by Crippen LogP contribution is -2.09. The van der Waals surface area contributed by atoms with Crippen molar-refractivity contribution in [3.8, 4) is 0 Å². The van der Waals surface area contributed by atoms with Gasteiger partial charge in [0.25, 0.3) is 0 Å². The van der Waals surface area contributed by atoms with E-state index in [1.807, 2.05) is 0 Å². The Hall–Kier alpha value is -1.36. The topological polar surface area (TPSA) is 75.3 Å². The molecule has 0 radical (unpaired) electrons. The first-order valence-electron chi connectivity index (χ1n) is 3.52. The van der Waals surface area contributed by atoms with Crippen LogP contribution in [0.1, 0.15) is 17.4 Å². The van der Waals surface area contributed by atoms with Crippen LogP contribution in [0.2, 0.25) is 0 Å². The zero-order chi connectivity index (χ0) is 9.14. The summed E-state index contributed by atoms with van der Waals surface area (Å²) in [5.41, 5.74) is -0.00403. The highest BCUT2D eigenvalue weighted by atomic mass is 16.4. The Morgan fingerprint density at radius 1 is 1.83 bits per heavy atom. The molecule has 0 amide bonds. The van der Waals surface area contributed by atoms with Gasteiger partial charge < -0.3 is 14.8 Å². The van der Waals surface area contributed by atoms with Gasteiger partial charge in [0, 0.05) is 12.7 Å². The third-order valence-corrected chi connectivity index (χ3v) is 1.33. The fourth-order valence-corrected chi connectivity index (χ4v) is 0.875. The van der Waals surface area contributed by atoms with Crippen molar-refractivity contribution in [2.75, 3.05) is 0 Å². The number of aliphatic hydroxyl groups is 1. The number of carboxylic acid groups (broad SMARTS) is 1. The molecule has 0 aromatic carbocycles. The van der Waals surface area contributed by atoms with Crippen LogP contribution in [-0.2, 0) is 6.54 Å². The van der Waals surface area contributed by atoms with Gasteiger partial charge in [-0.3, -0.25) is 0 Å². The largest absolute Gasteiger partial charge is 0.476 e. The SMILES string of the molecule is CC(O)Cn1cnc(C(=O)O)c1. The maximum absolute atomic E-state index is 10.4. The van der Waals surface area contributed by atoms with Crippen molar-refractivity contribution in [3.05, 3.63) is 18.2 Å². The number of hydrogen-bond acceptors (Lipinski definition) is 3. The molecule has 1 heterocycles. The molecule has 0 aliphatic heterocycles. The van der Waals surface area contributed by atoms with Crippen molar-refractivity contribution < 1.29 is 15.0 Å². The number of aromatic carboxylic acids is 1. The average molecular weight is 170 g/mol. The molecule has 1 aromatic rings. The molecule has 0 fully saturated rings. The Balaban J connectivity index is 2.71. The summed E-state index contributed by atoms with van der Waals surface area (Å²) < 4.78 is 1.54. The summed E-state index contributed by atoms with van der Waals surface area (Å²) >= 11 is 0. The second kappa shape index (κ2) is 3.36. The van der Waals surface area contributed by atoms with Gasteiger partial charge >= 0.3 is 5.97 Å². The number of rotatable bonds is 3. The fourth-order valence-electron chi connectivity index (χ4n) is 0.875. The minimum absolute atomic E-state index is 0.00403. The van der Waals surface area contributed by atoms with Crippen molar-refractivity contribution in [1.82, 2.24) is 9.55 Å². The molecule has 0 saturated heterocycles. The van der Waals surface area contributed by atoms with Crippen LogP contribution in [0.5, 0.6) is 0 Å². The van der Waals surface area contributed by atoms with Gasteiger partial charge in [0.15, 0.2) is 5.69 Å². The molecular formula is C7H10N2O3. The first-order chi connectivity index (χ1) is 5.59. The highest BCUT2D eigenvalue weighted by molar-refractivity contribution is 5.84. The maximum atomic E-state index is 10.4. The minimum atomic E-state index is -1.06. The first kappa shape index (κ1) is 8.73. The second-order valence-electron chi connectivity index (χ2n) is 2.61. The number of aromatic nitrogens is 2. The lowest BCUT2D eigenvalue weighted by Gasteiger charge is -2.02. The Morgan fingerprint density at radius 3 is 2.92 bits per heavy atom. The average Bonchev–Trinajstić information content (AvgIpc) is 2.34. The van der Waals surface area contributed by atoms with E-state index in [9.17, 15) is 4.79 Å². The molecule has 0 saturated carbocycles. The van der Waals surface area contributed by atoms with E-state index in [4.69, 9.17) is 10.2 Å². The van der Waals surface area contributed by atoms with Crippen LogP contribution in [0.3, 0.4) is 0 Å². The van der Waals surface area contributed by atoms with E-state index in [1.54, 1.807) is 6.92 Å². The standard InChI is InChI=1S/C7H10N2O3/c1-5(10)2-9-3-6(7(11)12)8-4-9/h3-5,10H,2H2,1H3,(H,11,12). The van der Waals surface area contributed by atoms with Crippen molar-refractivity contribution >= 4 is 5.97 Å². The molecule has 5 heteroatoms. The van der Waals surface area contributed by atoms with Crippen LogP contribution in [0, 0.1) is 0 Å². The van der Waals surface area contributed by atoms with E-state index in [0.29, 0.717) is 6.54 Å². The normalized spacial score (nSPS) is 12.8. The third kappa shape index (κ3) is 2.06. The Morgan fingerprint density at radius 2 is 2.50 bits per heavy atom. The molecule has 1 atom stereocenters. The molecule has 1 unspecified atom stereocenters. The number of carbonyl (C=O) groups is 1. The summed E-state index contributed by atoms with van der Waals surface area (Å²) in [6, 6.07) is 0. The summed E-state index contributed by atoms with van der Waals surface area (Å²) in [6.45, 7) is 1.99.